The second kappa shape index (κ2) is 10.2. The van der Waals surface area contributed by atoms with Crippen molar-refractivity contribution in [3.05, 3.63) is 70.9 Å². The Bertz CT molecular complexity index is 1100. The van der Waals surface area contributed by atoms with Crippen LogP contribution in [0.3, 0.4) is 0 Å². The Morgan fingerprint density at radius 3 is 2.56 bits per heavy atom. The maximum atomic E-state index is 13.0. The molecular weight excluding hydrogens is 398 g/mol. The van der Waals surface area contributed by atoms with Crippen LogP contribution in [-0.4, -0.2) is 21.4 Å². The Morgan fingerprint density at radius 2 is 1.78 bits per heavy atom. The molecule has 0 saturated carbocycles. The number of nitrogens with zero attached hydrogens (tertiary/aromatic N) is 1. The van der Waals surface area contributed by atoms with Gasteiger partial charge in [-0.05, 0) is 62.1 Å². The van der Waals surface area contributed by atoms with E-state index in [0.717, 1.165) is 44.0 Å². The zero-order chi connectivity index (χ0) is 22.5. The summed E-state index contributed by atoms with van der Waals surface area (Å²) in [5.74, 6) is -1.55. The largest absolute Gasteiger partial charge is 0.481 e. The lowest BCUT2D eigenvalue weighted by atomic mass is 9.92. The zero-order valence-corrected chi connectivity index (χ0v) is 19.0. The number of carbonyl (C=O) groups is 2. The summed E-state index contributed by atoms with van der Waals surface area (Å²) in [4.78, 5) is 24.8. The highest BCUT2D eigenvalue weighted by Gasteiger charge is 2.23. The highest BCUT2D eigenvalue weighted by atomic mass is 16.4. The second-order valence-electron chi connectivity index (χ2n) is 9.17. The quantitative estimate of drug-likeness (QED) is 0.310. The van der Waals surface area contributed by atoms with Crippen molar-refractivity contribution in [2.24, 2.45) is 13.0 Å². The van der Waals surface area contributed by atoms with E-state index in [9.17, 15) is 14.7 Å². The fraction of sp³-hybridized carbons (Fsp3) is 0.429. The monoisotopic (exact) mass is 431 g/mol. The minimum atomic E-state index is -0.864. The van der Waals surface area contributed by atoms with Gasteiger partial charge in [-0.2, -0.15) is 0 Å². The van der Waals surface area contributed by atoms with Crippen molar-refractivity contribution >= 4 is 22.7 Å². The summed E-state index contributed by atoms with van der Waals surface area (Å²) in [5, 5.41) is 10.9. The molecule has 1 N–H and O–H groups in total. The molecule has 0 bridgehead atoms. The van der Waals surface area contributed by atoms with Gasteiger partial charge in [0.1, 0.15) is 0 Å². The summed E-state index contributed by atoms with van der Waals surface area (Å²) < 4.78 is 2.22. The molecule has 4 nitrogen and oxygen atoms in total. The van der Waals surface area contributed by atoms with E-state index in [2.05, 4.69) is 29.8 Å². The van der Waals surface area contributed by atoms with Gasteiger partial charge in [-0.15, -0.1) is 0 Å². The maximum absolute atomic E-state index is 13.0. The van der Waals surface area contributed by atoms with Gasteiger partial charge >= 0.3 is 5.97 Å². The number of benzene rings is 2. The molecule has 0 fully saturated rings. The summed E-state index contributed by atoms with van der Waals surface area (Å²) in [7, 11) is 2.08. The Hall–Kier alpha value is -2.88. The molecule has 4 rings (SSSR count). The molecule has 0 radical (unpaired) electrons. The van der Waals surface area contributed by atoms with Crippen molar-refractivity contribution in [2.75, 3.05) is 0 Å². The number of hydrogen-bond donors (Lipinski definition) is 1. The van der Waals surface area contributed by atoms with Gasteiger partial charge in [-0.1, -0.05) is 55.3 Å². The number of aliphatic carboxylic acids is 1. The number of Topliss-reactive ketones (excluding diaryl/α,β-unsaturated/α-hetero) is 1. The Balaban J connectivity index is 1.35. The zero-order valence-electron chi connectivity index (χ0n) is 19.0. The first-order valence-corrected chi connectivity index (χ1v) is 11.9. The van der Waals surface area contributed by atoms with E-state index in [0.29, 0.717) is 12.0 Å². The second-order valence-corrected chi connectivity index (χ2v) is 9.17. The molecule has 1 aliphatic carbocycles. The first kappa shape index (κ1) is 22.3. The molecule has 2 aromatic carbocycles. The van der Waals surface area contributed by atoms with Gasteiger partial charge in [0.2, 0.25) is 0 Å². The fourth-order valence-electron chi connectivity index (χ4n) is 5.13. The number of carbonyl (C=O) groups excluding carboxylic acids is 1. The number of aromatic nitrogens is 1. The third-order valence-electron chi connectivity index (χ3n) is 6.99. The first-order chi connectivity index (χ1) is 15.5. The van der Waals surface area contributed by atoms with Crippen molar-refractivity contribution in [1.82, 2.24) is 4.57 Å². The minimum absolute atomic E-state index is 0.0669. The van der Waals surface area contributed by atoms with E-state index in [1.807, 2.05) is 30.3 Å². The number of unbranched alkanes of at least 4 members (excludes halogenated alkanes) is 2. The summed E-state index contributed by atoms with van der Waals surface area (Å²) in [5.41, 5.74) is 5.85. The van der Waals surface area contributed by atoms with Crippen molar-refractivity contribution in [3.8, 4) is 0 Å². The van der Waals surface area contributed by atoms with Gasteiger partial charge < -0.3 is 9.67 Å². The number of fused-ring (bicyclic) bond motifs is 3. The minimum Gasteiger partial charge on any atom is -0.481 e. The van der Waals surface area contributed by atoms with E-state index in [-0.39, 0.29) is 12.2 Å². The molecule has 1 aliphatic rings. The van der Waals surface area contributed by atoms with Crippen LogP contribution in [0.25, 0.3) is 10.9 Å². The number of ketones is 1. The predicted octanol–water partition coefficient (Wildman–Crippen LogP) is 6.13. The molecule has 0 saturated heterocycles. The van der Waals surface area contributed by atoms with Crippen LogP contribution in [0, 0.1) is 5.92 Å². The van der Waals surface area contributed by atoms with E-state index >= 15 is 0 Å². The van der Waals surface area contributed by atoms with Crippen molar-refractivity contribution in [2.45, 2.75) is 64.2 Å². The third-order valence-corrected chi connectivity index (χ3v) is 6.99. The molecule has 4 heteroatoms. The summed E-state index contributed by atoms with van der Waals surface area (Å²) >= 11 is 0. The summed E-state index contributed by atoms with van der Waals surface area (Å²) in [6.45, 7) is 0. The SMILES string of the molecule is Cn1c2c(c3ccc(C(=O)C[C@@H](CCCCCc4ccccc4)C(=O)O)cc31)CCCC2. The standard InChI is InChI=1S/C28H33NO3/c1-29-25-15-9-8-14-23(25)24-17-16-21(18-26(24)29)27(30)19-22(28(31)32)13-7-3-6-12-20-10-4-2-5-11-20/h2,4-5,10-11,16-18,22H,3,6-9,12-15,19H2,1H3,(H,31,32)/t22-/m1/s1. The van der Waals surface area contributed by atoms with Crippen LogP contribution < -0.4 is 0 Å². The van der Waals surface area contributed by atoms with E-state index in [1.165, 1.54) is 35.0 Å². The average molecular weight is 432 g/mol. The first-order valence-electron chi connectivity index (χ1n) is 11.9. The molecular formula is C28H33NO3. The third kappa shape index (κ3) is 4.95. The van der Waals surface area contributed by atoms with Gasteiger partial charge in [-0.25, -0.2) is 0 Å². The molecule has 168 valence electrons. The predicted molar refractivity (Wildman–Crippen MR) is 128 cm³/mol. The lowest BCUT2D eigenvalue weighted by Crippen LogP contribution is -2.18. The van der Waals surface area contributed by atoms with Crippen molar-refractivity contribution in [3.63, 3.8) is 0 Å². The van der Waals surface area contributed by atoms with Crippen LogP contribution in [0.4, 0.5) is 0 Å². The molecule has 1 atom stereocenters. The molecule has 0 spiro atoms. The molecule has 1 aromatic heterocycles. The molecule has 1 heterocycles. The molecule has 32 heavy (non-hydrogen) atoms. The van der Waals surface area contributed by atoms with Crippen LogP contribution in [0.2, 0.25) is 0 Å². The van der Waals surface area contributed by atoms with E-state index in [4.69, 9.17) is 0 Å². The molecule has 0 amide bonds. The number of carboxylic acid groups (broad SMARTS) is 1. The fourth-order valence-corrected chi connectivity index (χ4v) is 5.13. The number of rotatable bonds is 10. The van der Waals surface area contributed by atoms with Crippen LogP contribution in [-0.2, 0) is 31.1 Å². The maximum Gasteiger partial charge on any atom is 0.306 e. The normalized spacial score (nSPS) is 14.3. The van der Waals surface area contributed by atoms with Crippen LogP contribution >= 0.6 is 0 Å². The Labute approximate surface area is 190 Å². The molecule has 3 aromatic rings. The van der Waals surface area contributed by atoms with Crippen molar-refractivity contribution < 1.29 is 14.7 Å². The van der Waals surface area contributed by atoms with Gasteiger partial charge in [0, 0.05) is 35.6 Å². The van der Waals surface area contributed by atoms with Crippen LogP contribution in [0.1, 0.15) is 72.1 Å². The number of hydrogen-bond acceptors (Lipinski definition) is 2. The number of carboxylic acids is 1. The molecule has 0 unspecified atom stereocenters. The van der Waals surface area contributed by atoms with Crippen LogP contribution in [0.5, 0.6) is 0 Å². The summed E-state index contributed by atoms with van der Waals surface area (Å²) in [6.07, 6.45) is 9.12. The van der Waals surface area contributed by atoms with Gasteiger partial charge in [-0.3, -0.25) is 9.59 Å². The Kier molecular flexibility index (Phi) is 7.09. The van der Waals surface area contributed by atoms with Crippen molar-refractivity contribution in [1.29, 1.82) is 0 Å². The number of aryl methyl sites for hydroxylation is 3. The van der Waals surface area contributed by atoms with E-state index < -0.39 is 11.9 Å². The highest BCUT2D eigenvalue weighted by molar-refractivity contribution is 6.01. The topological polar surface area (TPSA) is 59.3 Å². The summed E-state index contributed by atoms with van der Waals surface area (Å²) in [6, 6.07) is 16.3. The van der Waals surface area contributed by atoms with E-state index in [1.54, 1.807) is 0 Å². The highest BCUT2D eigenvalue weighted by Crippen LogP contribution is 2.32. The smallest absolute Gasteiger partial charge is 0.306 e. The van der Waals surface area contributed by atoms with Gasteiger partial charge in [0.05, 0.1) is 5.92 Å². The lowest BCUT2D eigenvalue weighted by molar-refractivity contribution is -0.141. The molecule has 0 aliphatic heterocycles. The Morgan fingerprint density at radius 1 is 1.00 bits per heavy atom. The van der Waals surface area contributed by atoms with Crippen LogP contribution in [0.15, 0.2) is 48.5 Å². The average Bonchev–Trinajstić information content (AvgIpc) is 3.10. The van der Waals surface area contributed by atoms with Gasteiger partial charge in [0.15, 0.2) is 5.78 Å². The lowest BCUT2D eigenvalue weighted by Gasteiger charge is -2.12. The van der Waals surface area contributed by atoms with Gasteiger partial charge in [0.25, 0.3) is 0 Å².